The van der Waals surface area contributed by atoms with Crippen LogP contribution in [0.25, 0.3) is 10.9 Å². The minimum atomic E-state index is -0.572. The van der Waals surface area contributed by atoms with Crippen molar-refractivity contribution in [2.75, 3.05) is 20.0 Å². The van der Waals surface area contributed by atoms with Gasteiger partial charge in [0.15, 0.2) is 10.9 Å². The number of benzene rings is 2. The number of ketones is 1. The molecule has 0 atom stereocenters. The van der Waals surface area contributed by atoms with Crippen LogP contribution in [0.1, 0.15) is 10.4 Å². The van der Waals surface area contributed by atoms with Crippen LogP contribution in [0.15, 0.2) is 58.5 Å². The topological polar surface area (TPSA) is 87.5 Å². The smallest absolute Gasteiger partial charge is 0.325 e. The third-order valence-electron chi connectivity index (χ3n) is 4.08. The number of para-hydroxylation sites is 2. The highest BCUT2D eigenvalue weighted by Gasteiger charge is 2.17. The fraction of sp³-hybridized carbons (Fsp3) is 0.200. The van der Waals surface area contributed by atoms with Crippen molar-refractivity contribution < 1.29 is 19.1 Å². The van der Waals surface area contributed by atoms with Crippen molar-refractivity contribution in [2.45, 2.75) is 11.7 Å². The number of thioether (sulfide) groups is 1. The van der Waals surface area contributed by atoms with E-state index in [4.69, 9.17) is 4.74 Å². The first-order valence-corrected chi connectivity index (χ1v) is 9.39. The van der Waals surface area contributed by atoms with Crippen LogP contribution in [-0.4, -0.2) is 41.3 Å². The highest BCUT2D eigenvalue weighted by atomic mass is 32.2. The molecule has 0 bridgehead atoms. The van der Waals surface area contributed by atoms with Crippen LogP contribution < -0.4 is 10.3 Å². The lowest BCUT2D eigenvalue weighted by molar-refractivity contribution is -0.141. The number of fused-ring (bicyclic) bond motifs is 1. The van der Waals surface area contributed by atoms with E-state index in [1.165, 1.54) is 18.8 Å². The summed E-state index contributed by atoms with van der Waals surface area (Å²) < 4.78 is 11.1. The molecule has 0 spiro atoms. The number of aromatic nitrogens is 2. The highest BCUT2D eigenvalue weighted by molar-refractivity contribution is 7.99. The third-order valence-corrected chi connectivity index (χ3v) is 5.06. The van der Waals surface area contributed by atoms with Gasteiger partial charge in [-0.25, -0.2) is 4.98 Å². The molecule has 8 heteroatoms. The number of Topliss-reactive ketones (excluding diaryl/α,β-unsaturated/α-hetero) is 1. The molecule has 0 N–H and O–H groups in total. The quantitative estimate of drug-likeness (QED) is 0.262. The Bertz CT molecular complexity index is 1090. The molecule has 0 aliphatic heterocycles. The molecule has 2 aromatic carbocycles. The number of nitrogens with zero attached hydrogens (tertiary/aromatic N) is 2. The first-order valence-electron chi connectivity index (χ1n) is 8.40. The summed E-state index contributed by atoms with van der Waals surface area (Å²) in [6.45, 7) is -0.279. The maximum Gasteiger partial charge on any atom is 0.325 e. The summed E-state index contributed by atoms with van der Waals surface area (Å²) >= 11 is 1.09. The normalized spacial score (nSPS) is 10.6. The molecule has 7 nitrogen and oxygen atoms in total. The second-order valence-electron chi connectivity index (χ2n) is 5.79. The van der Waals surface area contributed by atoms with Crippen LogP contribution in [0.2, 0.25) is 0 Å². The molecule has 0 aliphatic carbocycles. The van der Waals surface area contributed by atoms with Gasteiger partial charge in [-0.1, -0.05) is 36.0 Å². The van der Waals surface area contributed by atoms with E-state index in [1.807, 2.05) is 0 Å². The summed E-state index contributed by atoms with van der Waals surface area (Å²) in [7, 11) is 2.75. The van der Waals surface area contributed by atoms with E-state index in [-0.39, 0.29) is 28.8 Å². The lowest BCUT2D eigenvalue weighted by atomic mass is 10.1. The van der Waals surface area contributed by atoms with Crippen molar-refractivity contribution in [3.63, 3.8) is 0 Å². The number of hydrogen-bond acceptors (Lipinski definition) is 7. The predicted molar refractivity (Wildman–Crippen MR) is 106 cm³/mol. The average Bonchev–Trinajstić information content (AvgIpc) is 2.74. The molecule has 144 valence electrons. The van der Waals surface area contributed by atoms with E-state index < -0.39 is 5.97 Å². The molecule has 28 heavy (non-hydrogen) atoms. The molecule has 0 radical (unpaired) electrons. The van der Waals surface area contributed by atoms with Crippen molar-refractivity contribution in [3.8, 4) is 5.75 Å². The van der Waals surface area contributed by atoms with Crippen LogP contribution in [-0.2, 0) is 16.1 Å². The number of carbonyl (C=O) groups is 2. The maximum absolute atomic E-state index is 12.8. The van der Waals surface area contributed by atoms with Crippen LogP contribution in [0, 0.1) is 0 Å². The Kier molecular flexibility index (Phi) is 6.10. The Balaban J connectivity index is 1.95. The average molecular weight is 398 g/mol. The predicted octanol–water partition coefficient (Wildman–Crippen LogP) is 2.55. The van der Waals surface area contributed by atoms with Crippen molar-refractivity contribution in [1.82, 2.24) is 9.55 Å². The molecule has 0 fully saturated rings. The fourth-order valence-electron chi connectivity index (χ4n) is 2.67. The van der Waals surface area contributed by atoms with E-state index in [1.54, 1.807) is 48.5 Å². The van der Waals surface area contributed by atoms with E-state index in [2.05, 4.69) is 9.72 Å². The lowest BCUT2D eigenvalue weighted by Crippen LogP contribution is -2.27. The third kappa shape index (κ3) is 4.07. The Morgan fingerprint density at radius 1 is 1.07 bits per heavy atom. The van der Waals surface area contributed by atoms with Gasteiger partial charge in [-0.05, 0) is 24.3 Å². The van der Waals surface area contributed by atoms with E-state index >= 15 is 0 Å². The number of methoxy groups -OCH3 is 2. The summed E-state index contributed by atoms with van der Waals surface area (Å²) in [6.07, 6.45) is 0. The van der Waals surface area contributed by atoms with Crippen LogP contribution in [0.3, 0.4) is 0 Å². The van der Waals surface area contributed by atoms with Gasteiger partial charge < -0.3 is 9.47 Å². The molecule has 0 saturated heterocycles. The molecule has 3 aromatic rings. The second-order valence-corrected chi connectivity index (χ2v) is 6.73. The van der Waals surface area contributed by atoms with E-state index in [0.717, 1.165) is 11.8 Å². The molecule has 0 aliphatic rings. The molecule has 0 saturated carbocycles. The minimum absolute atomic E-state index is 0.0341. The molecule has 1 aromatic heterocycles. The first-order chi connectivity index (χ1) is 13.5. The Morgan fingerprint density at radius 3 is 2.54 bits per heavy atom. The Morgan fingerprint density at radius 2 is 1.79 bits per heavy atom. The van der Waals surface area contributed by atoms with Crippen LogP contribution >= 0.6 is 11.8 Å². The number of hydrogen-bond donors (Lipinski definition) is 0. The van der Waals surface area contributed by atoms with Gasteiger partial charge in [0.25, 0.3) is 5.56 Å². The monoisotopic (exact) mass is 398 g/mol. The molecule has 0 unspecified atom stereocenters. The molecule has 1 heterocycles. The van der Waals surface area contributed by atoms with Crippen LogP contribution in [0.5, 0.6) is 5.75 Å². The van der Waals surface area contributed by atoms with E-state index in [9.17, 15) is 14.4 Å². The largest absolute Gasteiger partial charge is 0.496 e. The summed E-state index contributed by atoms with van der Waals surface area (Å²) in [5.74, 6) is -0.232. The SMILES string of the molecule is COC(=O)Cn1c(SCC(=O)c2ccccc2OC)nc2ccccc2c1=O. The number of rotatable bonds is 7. The van der Waals surface area contributed by atoms with Gasteiger partial charge in [0.2, 0.25) is 0 Å². The van der Waals surface area contributed by atoms with Gasteiger partial charge in [0, 0.05) is 0 Å². The highest BCUT2D eigenvalue weighted by Crippen LogP contribution is 2.23. The molecule has 3 rings (SSSR count). The van der Waals surface area contributed by atoms with Gasteiger partial charge >= 0.3 is 5.97 Å². The van der Waals surface area contributed by atoms with Crippen molar-refractivity contribution in [2.24, 2.45) is 0 Å². The summed E-state index contributed by atoms with van der Waals surface area (Å²) in [5, 5.41) is 0.671. The summed E-state index contributed by atoms with van der Waals surface area (Å²) in [6, 6.07) is 13.8. The number of carbonyl (C=O) groups excluding carboxylic acids is 2. The Labute approximate surface area is 165 Å². The molecule has 0 amide bonds. The van der Waals surface area contributed by atoms with Crippen molar-refractivity contribution in [1.29, 1.82) is 0 Å². The van der Waals surface area contributed by atoms with Gasteiger partial charge in [0.05, 0.1) is 36.4 Å². The summed E-state index contributed by atoms with van der Waals surface area (Å²) in [4.78, 5) is 41.7. The second kappa shape index (κ2) is 8.71. The van der Waals surface area contributed by atoms with E-state index in [0.29, 0.717) is 22.2 Å². The maximum atomic E-state index is 12.8. The van der Waals surface area contributed by atoms with Crippen molar-refractivity contribution >= 4 is 34.4 Å². The molecular formula is C20H18N2O5S. The standard InChI is InChI=1S/C20H18N2O5S/c1-26-17-10-6-4-8-14(17)16(23)12-28-20-21-15-9-5-3-7-13(15)19(25)22(20)11-18(24)27-2/h3-10H,11-12H2,1-2H3. The number of ether oxygens (including phenoxy) is 2. The minimum Gasteiger partial charge on any atom is -0.496 e. The lowest BCUT2D eigenvalue weighted by Gasteiger charge is -2.12. The van der Waals surface area contributed by atoms with Gasteiger partial charge in [-0.3, -0.25) is 19.0 Å². The van der Waals surface area contributed by atoms with Gasteiger partial charge in [-0.2, -0.15) is 0 Å². The zero-order valence-electron chi connectivity index (χ0n) is 15.4. The van der Waals surface area contributed by atoms with Gasteiger partial charge in [0.1, 0.15) is 12.3 Å². The zero-order chi connectivity index (χ0) is 20.1. The zero-order valence-corrected chi connectivity index (χ0v) is 16.2. The van der Waals surface area contributed by atoms with Crippen molar-refractivity contribution in [3.05, 3.63) is 64.4 Å². The summed E-state index contributed by atoms with van der Waals surface area (Å²) in [5.41, 5.74) is 0.587. The number of esters is 1. The van der Waals surface area contributed by atoms with Crippen LogP contribution in [0.4, 0.5) is 0 Å². The fourth-order valence-corrected chi connectivity index (χ4v) is 3.56. The van der Waals surface area contributed by atoms with Gasteiger partial charge in [-0.15, -0.1) is 0 Å². The first kappa shape index (κ1) is 19.6. The Hall–Kier alpha value is -3.13. The molecular weight excluding hydrogens is 380 g/mol.